The summed E-state index contributed by atoms with van der Waals surface area (Å²) in [5.41, 5.74) is 5.42. The molecule has 9 heteroatoms. The van der Waals surface area contributed by atoms with Crippen LogP contribution in [0.1, 0.15) is 32.6 Å². The Balaban J connectivity index is 2.01. The molecule has 1 aliphatic heterocycles. The lowest BCUT2D eigenvalue weighted by Crippen LogP contribution is -2.57. The summed E-state index contributed by atoms with van der Waals surface area (Å²) in [6, 6.07) is 0. The fourth-order valence-electron chi connectivity index (χ4n) is 2.82. The van der Waals surface area contributed by atoms with E-state index in [1.54, 1.807) is 6.92 Å². The molecule has 1 heterocycles. The van der Waals surface area contributed by atoms with Crippen LogP contribution in [-0.2, 0) is 9.53 Å². The smallest absolute Gasteiger partial charge is 0.249 e. The average molecular weight is 376 g/mol. The van der Waals surface area contributed by atoms with Crippen molar-refractivity contribution in [2.24, 2.45) is 11.7 Å². The molecule has 1 amide bonds. The van der Waals surface area contributed by atoms with Crippen LogP contribution in [0.15, 0.2) is 0 Å². The minimum Gasteiger partial charge on any atom is -0.390 e. The molecule has 0 aromatic heterocycles. The van der Waals surface area contributed by atoms with Gasteiger partial charge in [0.15, 0.2) is 6.29 Å². The fraction of sp³-hybridized carbons (Fsp3) is 0.941. The molecule has 1 aliphatic rings. The third kappa shape index (κ3) is 8.26. The summed E-state index contributed by atoms with van der Waals surface area (Å²) < 4.78 is 5.11. The van der Waals surface area contributed by atoms with Crippen molar-refractivity contribution in [3.05, 3.63) is 0 Å². The Kier molecular flexibility index (Phi) is 11.9. The molecule has 0 aliphatic carbocycles. The van der Waals surface area contributed by atoms with E-state index in [2.05, 4.69) is 16.0 Å². The fourth-order valence-corrected chi connectivity index (χ4v) is 2.82. The highest BCUT2D eigenvalue weighted by Gasteiger charge is 2.44. The second-order valence-electron chi connectivity index (χ2n) is 6.78. The van der Waals surface area contributed by atoms with E-state index in [0.29, 0.717) is 6.54 Å². The second-order valence-corrected chi connectivity index (χ2v) is 6.78. The highest BCUT2D eigenvalue weighted by atomic mass is 16.6. The molecular formula is C17H36N4O5. The van der Waals surface area contributed by atoms with Crippen molar-refractivity contribution in [1.29, 1.82) is 0 Å². The third-order valence-corrected chi connectivity index (χ3v) is 4.55. The van der Waals surface area contributed by atoms with Crippen LogP contribution in [0.25, 0.3) is 0 Å². The number of carbonyl (C=O) groups is 1. The standard InChI is InChI=1S/C17H36N4O5/c1-12-13(22)14(23)17(25)26-15(12)16(24)21-11-5-10-20-8-3-2-7-19-9-4-6-18/h12-15,17,19-20,22-23,25H,2-11,18H2,1H3,(H,21,24). The predicted molar refractivity (Wildman–Crippen MR) is 98.3 cm³/mol. The lowest BCUT2D eigenvalue weighted by atomic mass is 9.90. The molecule has 0 aromatic rings. The van der Waals surface area contributed by atoms with Gasteiger partial charge in [-0.3, -0.25) is 4.79 Å². The molecule has 5 atom stereocenters. The molecule has 154 valence electrons. The van der Waals surface area contributed by atoms with E-state index >= 15 is 0 Å². The maximum atomic E-state index is 12.1. The Morgan fingerprint density at radius 2 is 1.50 bits per heavy atom. The zero-order valence-corrected chi connectivity index (χ0v) is 15.7. The zero-order chi connectivity index (χ0) is 19.4. The summed E-state index contributed by atoms with van der Waals surface area (Å²) in [5, 5.41) is 38.3. The number of hydrogen-bond donors (Lipinski definition) is 7. The SMILES string of the molecule is CC1C(C(=O)NCCCNCCCCNCCCN)OC(O)C(O)C1O. The average Bonchev–Trinajstić information content (AvgIpc) is 2.63. The number of nitrogens with one attached hydrogen (secondary N) is 3. The molecule has 8 N–H and O–H groups in total. The molecule has 5 unspecified atom stereocenters. The highest BCUT2D eigenvalue weighted by molar-refractivity contribution is 5.81. The molecular weight excluding hydrogens is 340 g/mol. The minimum absolute atomic E-state index is 0.383. The van der Waals surface area contributed by atoms with E-state index in [-0.39, 0.29) is 5.91 Å². The lowest BCUT2D eigenvalue weighted by Gasteiger charge is -2.38. The number of ether oxygens (including phenoxy) is 1. The minimum atomic E-state index is -1.55. The van der Waals surface area contributed by atoms with Gasteiger partial charge in [0, 0.05) is 12.5 Å². The molecule has 1 fully saturated rings. The molecule has 1 saturated heterocycles. The Morgan fingerprint density at radius 3 is 2.12 bits per heavy atom. The van der Waals surface area contributed by atoms with E-state index in [4.69, 9.17) is 10.5 Å². The molecule has 1 rings (SSSR count). The summed E-state index contributed by atoms with van der Waals surface area (Å²) in [4.78, 5) is 12.1. The van der Waals surface area contributed by atoms with Crippen molar-refractivity contribution in [3.8, 4) is 0 Å². The topological polar surface area (TPSA) is 149 Å². The summed E-state index contributed by atoms with van der Waals surface area (Å²) in [6.07, 6.45) is -1.13. The largest absolute Gasteiger partial charge is 0.390 e. The van der Waals surface area contributed by atoms with Gasteiger partial charge in [0.2, 0.25) is 5.91 Å². The number of carbonyl (C=O) groups excluding carboxylic acids is 1. The van der Waals surface area contributed by atoms with E-state index in [9.17, 15) is 20.1 Å². The van der Waals surface area contributed by atoms with Crippen LogP contribution in [0.4, 0.5) is 0 Å². The molecule has 0 spiro atoms. The van der Waals surface area contributed by atoms with Crippen molar-refractivity contribution in [2.75, 3.05) is 39.3 Å². The van der Waals surface area contributed by atoms with Gasteiger partial charge in [-0.25, -0.2) is 0 Å². The summed E-state index contributed by atoms with van der Waals surface area (Å²) in [5.74, 6) is -0.976. The van der Waals surface area contributed by atoms with Gasteiger partial charge in [0.05, 0.1) is 6.10 Å². The Morgan fingerprint density at radius 1 is 0.923 bits per heavy atom. The number of aliphatic hydroxyl groups is 3. The van der Waals surface area contributed by atoms with Crippen LogP contribution in [0, 0.1) is 5.92 Å². The van der Waals surface area contributed by atoms with Crippen LogP contribution in [0.3, 0.4) is 0 Å². The number of hydrogen-bond acceptors (Lipinski definition) is 8. The summed E-state index contributed by atoms with van der Waals surface area (Å²) in [7, 11) is 0. The summed E-state index contributed by atoms with van der Waals surface area (Å²) in [6.45, 7) is 6.52. The van der Waals surface area contributed by atoms with E-state index < -0.39 is 30.5 Å². The Hall–Kier alpha value is -0.810. The first-order valence-corrected chi connectivity index (χ1v) is 9.58. The van der Waals surface area contributed by atoms with Gasteiger partial charge in [-0.15, -0.1) is 0 Å². The number of aliphatic hydroxyl groups excluding tert-OH is 3. The van der Waals surface area contributed by atoms with Crippen LogP contribution < -0.4 is 21.7 Å². The second kappa shape index (κ2) is 13.4. The monoisotopic (exact) mass is 376 g/mol. The van der Waals surface area contributed by atoms with Crippen LogP contribution in [0.5, 0.6) is 0 Å². The van der Waals surface area contributed by atoms with Crippen LogP contribution in [-0.4, -0.2) is 85.1 Å². The maximum Gasteiger partial charge on any atom is 0.249 e. The normalized spacial score (nSPS) is 28.9. The van der Waals surface area contributed by atoms with Crippen molar-refractivity contribution in [3.63, 3.8) is 0 Å². The van der Waals surface area contributed by atoms with E-state index in [1.165, 1.54) is 0 Å². The number of rotatable bonds is 13. The van der Waals surface area contributed by atoms with Gasteiger partial charge in [-0.1, -0.05) is 6.92 Å². The quantitative estimate of drug-likeness (QED) is 0.180. The first-order valence-electron chi connectivity index (χ1n) is 9.58. The van der Waals surface area contributed by atoms with Crippen LogP contribution in [0.2, 0.25) is 0 Å². The van der Waals surface area contributed by atoms with Gasteiger partial charge in [-0.05, 0) is 58.4 Å². The molecule has 9 nitrogen and oxygen atoms in total. The van der Waals surface area contributed by atoms with Gasteiger partial charge in [0.25, 0.3) is 0 Å². The Bertz CT molecular complexity index is 388. The zero-order valence-electron chi connectivity index (χ0n) is 15.7. The Labute approximate surface area is 155 Å². The van der Waals surface area contributed by atoms with Gasteiger partial charge in [-0.2, -0.15) is 0 Å². The first-order chi connectivity index (χ1) is 12.5. The highest BCUT2D eigenvalue weighted by Crippen LogP contribution is 2.24. The number of unbranched alkanes of at least 4 members (excludes halogenated alkanes) is 1. The van der Waals surface area contributed by atoms with Crippen molar-refractivity contribution >= 4 is 5.91 Å². The lowest BCUT2D eigenvalue weighted by molar-refractivity contribution is -0.261. The number of amides is 1. The van der Waals surface area contributed by atoms with Gasteiger partial charge >= 0.3 is 0 Å². The van der Waals surface area contributed by atoms with Crippen molar-refractivity contribution in [1.82, 2.24) is 16.0 Å². The third-order valence-electron chi connectivity index (χ3n) is 4.55. The van der Waals surface area contributed by atoms with Crippen molar-refractivity contribution < 1.29 is 24.9 Å². The molecule has 0 radical (unpaired) electrons. The maximum absolute atomic E-state index is 12.1. The van der Waals surface area contributed by atoms with Gasteiger partial charge in [0.1, 0.15) is 12.2 Å². The predicted octanol–water partition coefficient (Wildman–Crippen LogP) is -2.12. The van der Waals surface area contributed by atoms with Crippen molar-refractivity contribution in [2.45, 2.75) is 57.2 Å². The van der Waals surface area contributed by atoms with E-state index in [1.807, 2.05) is 0 Å². The molecule has 26 heavy (non-hydrogen) atoms. The first kappa shape index (κ1) is 23.2. The van der Waals surface area contributed by atoms with E-state index in [0.717, 1.165) is 58.4 Å². The molecule has 0 saturated carbocycles. The van der Waals surface area contributed by atoms with Crippen LogP contribution >= 0.6 is 0 Å². The number of nitrogens with two attached hydrogens (primary N) is 1. The summed E-state index contributed by atoms with van der Waals surface area (Å²) >= 11 is 0. The molecule has 0 bridgehead atoms. The molecule has 0 aromatic carbocycles. The van der Waals surface area contributed by atoms with Gasteiger partial charge < -0.3 is 41.7 Å².